The second-order valence-electron chi connectivity index (χ2n) is 6.48. The molecule has 3 aromatic rings. The maximum Gasteiger partial charge on any atom is 0.270 e. The van der Waals surface area contributed by atoms with E-state index >= 15 is 0 Å². The standard InChI is InChI=1S/C17H17Cl2N5O3S/c1-22-13(9-12(18)15(22)19)17(25)23-5-7-24(8-6-23)28(26,27)14-10-21-16-11(14)3-2-4-20-16/h2-4,9-10H,5-8H2,1H3,(H,20,21). The van der Waals surface area contributed by atoms with Gasteiger partial charge in [0.2, 0.25) is 10.0 Å². The topological polar surface area (TPSA) is 91.3 Å². The van der Waals surface area contributed by atoms with Gasteiger partial charge in [-0.05, 0) is 18.2 Å². The number of pyridine rings is 1. The summed E-state index contributed by atoms with van der Waals surface area (Å²) in [6.07, 6.45) is 3.06. The van der Waals surface area contributed by atoms with Gasteiger partial charge in [0.1, 0.15) is 21.4 Å². The molecule has 0 aromatic carbocycles. The van der Waals surface area contributed by atoms with E-state index in [1.807, 2.05) is 0 Å². The van der Waals surface area contributed by atoms with Crippen molar-refractivity contribution in [3.63, 3.8) is 0 Å². The Bertz CT molecular complexity index is 1160. The molecular formula is C17H17Cl2N5O3S. The zero-order valence-corrected chi connectivity index (χ0v) is 17.2. The molecule has 0 atom stereocenters. The van der Waals surface area contributed by atoms with Crippen molar-refractivity contribution in [1.82, 2.24) is 23.7 Å². The molecule has 1 aliphatic heterocycles. The molecule has 0 spiro atoms. The number of nitrogens with zero attached hydrogens (tertiary/aromatic N) is 4. The van der Waals surface area contributed by atoms with Crippen LogP contribution in [0.2, 0.25) is 10.2 Å². The minimum atomic E-state index is -3.69. The van der Waals surface area contributed by atoms with Gasteiger partial charge in [-0.1, -0.05) is 23.2 Å². The van der Waals surface area contributed by atoms with Gasteiger partial charge in [0.25, 0.3) is 5.91 Å². The second kappa shape index (κ2) is 7.07. The summed E-state index contributed by atoms with van der Waals surface area (Å²) in [5.74, 6) is -0.232. The van der Waals surface area contributed by atoms with E-state index in [1.54, 1.807) is 30.3 Å². The monoisotopic (exact) mass is 441 g/mol. The Balaban J connectivity index is 1.52. The third-order valence-corrected chi connectivity index (χ3v) is 7.67. The number of carbonyl (C=O) groups is 1. The van der Waals surface area contributed by atoms with Crippen LogP contribution in [0.3, 0.4) is 0 Å². The van der Waals surface area contributed by atoms with Crippen LogP contribution in [0.25, 0.3) is 11.0 Å². The maximum atomic E-state index is 13.0. The molecule has 1 fully saturated rings. The lowest BCUT2D eigenvalue weighted by Crippen LogP contribution is -2.50. The molecule has 0 aliphatic carbocycles. The molecule has 1 N–H and O–H groups in total. The van der Waals surface area contributed by atoms with E-state index in [2.05, 4.69) is 9.97 Å². The van der Waals surface area contributed by atoms with Crippen LogP contribution in [0.5, 0.6) is 0 Å². The van der Waals surface area contributed by atoms with Crippen molar-refractivity contribution in [3.8, 4) is 0 Å². The Morgan fingerprint density at radius 2 is 1.93 bits per heavy atom. The number of hydrogen-bond donors (Lipinski definition) is 1. The van der Waals surface area contributed by atoms with Gasteiger partial charge in [0.15, 0.2) is 0 Å². The number of aromatic nitrogens is 3. The number of fused-ring (bicyclic) bond motifs is 1. The summed E-state index contributed by atoms with van der Waals surface area (Å²) in [6, 6.07) is 4.94. The average molecular weight is 442 g/mol. The zero-order chi connectivity index (χ0) is 20.1. The molecule has 0 saturated carbocycles. The zero-order valence-electron chi connectivity index (χ0n) is 14.9. The molecule has 0 unspecified atom stereocenters. The Labute approximate surface area is 171 Å². The Morgan fingerprint density at radius 3 is 2.57 bits per heavy atom. The molecule has 4 rings (SSSR count). The van der Waals surface area contributed by atoms with Crippen LogP contribution < -0.4 is 0 Å². The third kappa shape index (κ3) is 3.08. The Hall–Kier alpha value is -2.07. The summed E-state index contributed by atoms with van der Waals surface area (Å²) in [4.78, 5) is 21.6. The minimum absolute atomic E-state index is 0.191. The van der Waals surface area contributed by atoms with Crippen LogP contribution in [0.4, 0.5) is 0 Å². The summed E-state index contributed by atoms with van der Waals surface area (Å²) in [5, 5.41) is 1.15. The molecule has 1 amide bonds. The fourth-order valence-electron chi connectivity index (χ4n) is 3.32. The second-order valence-corrected chi connectivity index (χ2v) is 9.15. The van der Waals surface area contributed by atoms with Gasteiger partial charge in [0.05, 0.1) is 5.02 Å². The number of nitrogens with one attached hydrogen (secondary N) is 1. The summed E-state index contributed by atoms with van der Waals surface area (Å²) in [5.41, 5.74) is 0.890. The van der Waals surface area contributed by atoms with Crippen molar-refractivity contribution in [2.75, 3.05) is 26.2 Å². The highest BCUT2D eigenvalue weighted by molar-refractivity contribution is 7.89. The number of halogens is 2. The number of carbonyl (C=O) groups excluding carboxylic acids is 1. The predicted molar refractivity (Wildman–Crippen MR) is 106 cm³/mol. The SMILES string of the molecule is Cn1c(C(=O)N2CCN(S(=O)(=O)c3c[nH]c4ncccc34)CC2)cc(Cl)c1Cl. The highest BCUT2D eigenvalue weighted by atomic mass is 35.5. The van der Waals surface area contributed by atoms with Crippen molar-refractivity contribution in [2.45, 2.75) is 4.90 Å². The highest BCUT2D eigenvalue weighted by Crippen LogP contribution is 2.27. The van der Waals surface area contributed by atoms with Gasteiger partial charge in [-0.25, -0.2) is 13.4 Å². The Kier molecular flexibility index (Phi) is 4.86. The van der Waals surface area contributed by atoms with Crippen molar-refractivity contribution >= 4 is 50.2 Å². The average Bonchev–Trinajstić information content (AvgIpc) is 3.25. The molecule has 1 saturated heterocycles. The summed E-state index contributed by atoms with van der Waals surface area (Å²) in [7, 11) is -2.03. The molecule has 0 bridgehead atoms. The fourth-order valence-corrected chi connectivity index (χ4v) is 5.27. The normalized spacial score (nSPS) is 16.0. The van der Waals surface area contributed by atoms with Gasteiger partial charge in [-0.15, -0.1) is 0 Å². The molecule has 8 nitrogen and oxygen atoms in total. The molecule has 3 aromatic heterocycles. The van der Waals surface area contributed by atoms with Gasteiger partial charge >= 0.3 is 0 Å². The third-order valence-electron chi connectivity index (χ3n) is 4.89. The lowest BCUT2D eigenvalue weighted by molar-refractivity contribution is 0.0688. The van der Waals surface area contributed by atoms with Crippen molar-refractivity contribution < 1.29 is 13.2 Å². The number of H-pyrrole nitrogens is 1. The van der Waals surface area contributed by atoms with Crippen LogP contribution in [-0.2, 0) is 17.1 Å². The first-order valence-electron chi connectivity index (χ1n) is 8.53. The number of rotatable bonds is 3. The minimum Gasteiger partial charge on any atom is -0.345 e. The maximum absolute atomic E-state index is 13.0. The van der Waals surface area contributed by atoms with Crippen molar-refractivity contribution in [3.05, 3.63) is 46.5 Å². The summed E-state index contributed by atoms with van der Waals surface area (Å²) in [6.45, 7) is 0.956. The predicted octanol–water partition coefficient (Wildman–Crippen LogP) is 2.35. The Morgan fingerprint density at radius 1 is 1.21 bits per heavy atom. The van der Waals surface area contributed by atoms with E-state index in [9.17, 15) is 13.2 Å². The van der Waals surface area contributed by atoms with Crippen LogP contribution >= 0.6 is 23.2 Å². The van der Waals surface area contributed by atoms with Gasteiger partial charge in [-0.3, -0.25) is 4.79 Å². The van der Waals surface area contributed by atoms with Crippen LogP contribution in [-0.4, -0.2) is 64.2 Å². The van der Waals surface area contributed by atoms with Crippen molar-refractivity contribution in [2.24, 2.45) is 7.05 Å². The molecule has 11 heteroatoms. The number of sulfonamides is 1. The molecule has 0 radical (unpaired) electrons. The number of amides is 1. The van der Waals surface area contributed by atoms with E-state index in [0.717, 1.165) is 0 Å². The largest absolute Gasteiger partial charge is 0.345 e. The van der Waals surface area contributed by atoms with Gasteiger partial charge in [-0.2, -0.15) is 4.31 Å². The molecule has 1 aliphatic rings. The lowest BCUT2D eigenvalue weighted by atomic mass is 10.3. The van der Waals surface area contributed by atoms with E-state index in [1.165, 1.54) is 21.1 Å². The first-order chi connectivity index (χ1) is 13.3. The first-order valence-corrected chi connectivity index (χ1v) is 10.7. The highest BCUT2D eigenvalue weighted by Gasteiger charge is 2.33. The number of aromatic amines is 1. The van der Waals surface area contributed by atoms with E-state index in [4.69, 9.17) is 23.2 Å². The van der Waals surface area contributed by atoms with Crippen LogP contribution in [0, 0.1) is 0 Å². The van der Waals surface area contributed by atoms with Crippen LogP contribution in [0.15, 0.2) is 35.5 Å². The quantitative estimate of drug-likeness (QED) is 0.674. The summed E-state index contributed by atoms with van der Waals surface area (Å²) >= 11 is 12.0. The fraction of sp³-hybridized carbons (Fsp3) is 0.294. The smallest absolute Gasteiger partial charge is 0.270 e. The molecule has 4 heterocycles. The van der Waals surface area contributed by atoms with E-state index < -0.39 is 10.0 Å². The molecule has 28 heavy (non-hydrogen) atoms. The lowest BCUT2D eigenvalue weighted by Gasteiger charge is -2.33. The first kappa shape index (κ1) is 19.3. The summed E-state index contributed by atoms with van der Waals surface area (Å²) < 4.78 is 29.0. The molecular weight excluding hydrogens is 425 g/mol. The van der Waals surface area contributed by atoms with E-state index in [0.29, 0.717) is 26.9 Å². The van der Waals surface area contributed by atoms with Crippen LogP contribution in [0.1, 0.15) is 10.5 Å². The number of piperazine rings is 1. The van der Waals surface area contributed by atoms with E-state index in [-0.39, 0.29) is 37.0 Å². The molecule has 148 valence electrons. The van der Waals surface area contributed by atoms with Crippen molar-refractivity contribution in [1.29, 1.82) is 0 Å². The van der Waals surface area contributed by atoms with Gasteiger partial charge in [0, 0.05) is 51.0 Å². The number of hydrogen-bond acceptors (Lipinski definition) is 4. The van der Waals surface area contributed by atoms with Gasteiger partial charge < -0.3 is 14.5 Å².